The third kappa shape index (κ3) is 5.04. The molecule has 3 nitrogen and oxygen atoms in total. The van der Waals surface area contributed by atoms with Gasteiger partial charge in [0.15, 0.2) is 12.0 Å². The Kier molecular flexibility index (Phi) is 6.05. The Morgan fingerprint density at radius 3 is 2.42 bits per heavy atom. The van der Waals surface area contributed by atoms with Gasteiger partial charge in [-0.05, 0) is 12.5 Å². The van der Waals surface area contributed by atoms with E-state index < -0.39 is 11.9 Å². The summed E-state index contributed by atoms with van der Waals surface area (Å²) in [6.07, 6.45) is 2.15. The lowest BCUT2D eigenvalue weighted by atomic mass is 10.1. The third-order valence-corrected chi connectivity index (χ3v) is 2.95. The number of aldehydes is 1. The van der Waals surface area contributed by atoms with Gasteiger partial charge in [0.2, 0.25) is 0 Å². The van der Waals surface area contributed by atoms with Gasteiger partial charge >= 0.3 is 6.18 Å². The number of carbonyl (C=O) groups excluding carboxylic acids is 1. The van der Waals surface area contributed by atoms with Gasteiger partial charge in [-0.25, -0.2) is 0 Å². The molecule has 1 heterocycles. The molecule has 0 aliphatic carbocycles. The number of unbranched alkanes of at least 4 members (excludes halogenated alkanes) is 5. The molecule has 0 N–H and O–H groups in total. The van der Waals surface area contributed by atoms with Crippen molar-refractivity contribution in [3.8, 4) is 0 Å². The number of hydrogen-bond donors (Lipinski definition) is 0. The van der Waals surface area contributed by atoms with E-state index in [2.05, 4.69) is 12.0 Å². The van der Waals surface area contributed by atoms with Crippen LogP contribution in [-0.2, 0) is 12.7 Å². The summed E-state index contributed by atoms with van der Waals surface area (Å²) < 4.78 is 38.5. The van der Waals surface area contributed by atoms with Gasteiger partial charge in [0.05, 0.1) is 0 Å². The molecule has 0 unspecified atom stereocenters. The molecule has 6 heteroatoms. The van der Waals surface area contributed by atoms with Crippen LogP contribution >= 0.6 is 0 Å². The normalized spacial score (nSPS) is 11.8. The van der Waals surface area contributed by atoms with Crippen LogP contribution in [0.25, 0.3) is 0 Å². The first-order chi connectivity index (χ1) is 8.99. The van der Waals surface area contributed by atoms with Gasteiger partial charge < -0.3 is 0 Å². The number of aryl methyl sites for hydroxylation is 1. The lowest BCUT2D eigenvalue weighted by Crippen LogP contribution is -2.09. The van der Waals surface area contributed by atoms with E-state index >= 15 is 0 Å². The summed E-state index contributed by atoms with van der Waals surface area (Å²) in [5.74, 6) is 0. The van der Waals surface area contributed by atoms with Crippen LogP contribution in [0.3, 0.4) is 0 Å². The van der Waals surface area contributed by atoms with E-state index in [1.807, 2.05) is 0 Å². The molecule has 0 aliphatic rings. The Balaban J connectivity index is 2.49. The van der Waals surface area contributed by atoms with Crippen molar-refractivity contribution in [2.24, 2.45) is 0 Å². The van der Waals surface area contributed by atoms with Crippen molar-refractivity contribution in [2.75, 3.05) is 0 Å². The van der Waals surface area contributed by atoms with Gasteiger partial charge in [-0.3, -0.25) is 9.48 Å². The maximum absolute atomic E-state index is 12.5. The van der Waals surface area contributed by atoms with Crippen LogP contribution in [0.4, 0.5) is 13.2 Å². The van der Waals surface area contributed by atoms with E-state index in [1.54, 1.807) is 0 Å². The Hall–Kier alpha value is -1.33. The van der Waals surface area contributed by atoms with E-state index in [-0.39, 0.29) is 5.69 Å². The molecule has 1 aromatic heterocycles. The van der Waals surface area contributed by atoms with E-state index in [4.69, 9.17) is 0 Å². The van der Waals surface area contributed by atoms with Crippen molar-refractivity contribution < 1.29 is 18.0 Å². The fourth-order valence-corrected chi connectivity index (χ4v) is 1.89. The first-order valence-corrected chi connectivity index (χ1v) is 6.59. The van der Waals surface area contributed by atoms with Crippen molar-refractivity contribution in [1.82, 2.24) is 9.78 Å². The number of alkyl halides is 3. The fourth-order valence-electron chi connectivity index (χ4n) is 1.89. The first-order valence-electron chi connectivity index (χ1n) is 6.59. The molecular weight excluding hydrogens is 257 g/mol. The summed E-state index contributed by atoms with van der Waals surface area (Å²) in [5.41, 5.74) is -1.01. The Morgan fingerprint density at radius 2 is 1.84 bits per heavy atom. The van der Waals surface area contributed by atoms with Gasteiger partial charge in [0, 0.05) is 6.54 Å². The molecule has 0 atom stereocenters. The van der Waals surface area contributed by atoms with Crippen LogP contribution in [0, 0.1) is 0 Å². The molecule has 0 spiro atoms. The minimum atomic E-state index is -4.50. The minimum Gasteiger partial charge on any atom is -0.296 e. The lowest BCUT2D eigenvalue weighted by molar-refractivity contribution is -0.141. The van der Waals surface area contributed by atoms with Gasteiger partial charge in [0.25, 0.3) is 0 Å². The zero-order valence-corrected chi connectivity index (χ0v) is 11.0. The highest BCUT2D eigenvalue weighted by Gasteiger charge is 2.34. The maximum atomic E-state index is 12.5. The molecule has 1 aromatic rings. The molecule has 0 radical (unpaired) electrons. The highest BCUT2D eigenvalue weighted by molar-refractivity contribution is 5.72. The van der Waals surface area contributed by atoms with Crippen molar-refractivity contribution >= 4 is 6.29 Å². The van der Waals surface area contributed by atoms with Gasteiger partial charge in [-0.15, -0.1) is 0 Å². The van der Waals surface area contributed by atoms with Crippen molar-refractivity contribution in [2.45, 2.75) is 58.2 Å². The number of aromatic nitrogens is 2. The maximum Gasteiger partial charge on any atom is 0.435 e. The van der Waals surface area contributed by atoms with Crippen molar-refractivity contribution in [3.05, 3.63) is 17.5 Å². The number of rotatable bonds is 8. The molecule has 0 fully saturated rings. The highest BCUT2D eigenvalue weighted by atomic mass is 19.4. The SMILES string of the molecule is CCCCCCCCn1nc(C(F)(F)F)cc1C=O. The predicted octanol–water partition coefficient (Wildman–Crippen LogP) is 4.07. The average Bonchev–Trinajstić information content (AvgIpc) is 2.76. The van der Waals surface area contributed by atoms with Crippen molar-refractivity contribution in [1.29, 1.82) is 0 Å². The average molecular weight is 276 g/mol. The number of hydrogen-bond acceptors (Lipinski definition) is 2. The summed E-state index contributed by atoms with van der Waals surface area (Å²) in [4.78, 5) is 10.7. The Labute approximate surface area is 110 Å². The molecule has 0 saturated carbocycles. The van der Waals surface area contributed by atoms with Crippen LogP contribution < -0.4 is 0 Å². The lowest BCUT2D eigenvalue weighted by Gasteiger charge is -2.04. The zero-order valence-electron chi connectivity index (χ0n) is 11.0. The van der Waals surface area contributed by atoms with Crippen LogP contribution in [0.1, 0.15) is 61.6 Å². The predicted molar refractivity (Wildman–Crippen MR) is 66.0 cm³/mol. The monoisotopic (exact) mass is 276 g/mol. The molecular formula is C13H19F3N2O. The second kappa shape index (κ2) is 7.31. The molecule has 19 heavy (non-hydrogen) atoms. The minimum absolute atomic E-state index is 0.0131. The molecule has 108 valence electrons. The number of carbonyl (C=O) groups is 1. The fraction of sp³-hybridized carbons (Fsp3) is 0.692. The molecule has 0 aliphatic heterocycles. The molecule has 0 bridgehead atoms. The summed E-state index contributed by atoms with van der Waals surface area (Å²) in [6.45, 7) is 2.48. The smallest absolute Gasteiger partial charge is 0.296 e. The highest BCUT2D eigenvalue weighted by Crippen LogP contribution is 2.28. The van der Waals surface area contributed by atoms with E-state index in [1.165, 1.54) is 6.42 Å². The zero-order chi connectivity index (χ0) is 14.3. The molecule has 0 amide bonds. The molecule has 0 saturated heterocycles. The van der Waals surface area contributed by atoms with Crippen LogP contribution in [0.15, 0.2) is 6.07 Å². The topological polar surface area (TPSA) is 34.9 Å². The van der Waals surface area contributed by atoms with Crippen molar-refractivity contribution in [3.63, 3.8) is 0 Å². The standard InChI is InChI=1S/C13H19F3N2O/c1-2-3-4-5-6-7-8-18-11(10-19)9-12(17-18)13(14,15)16/h9-10H,2-8H2,1H3. The van der Waals surface area contributed by atoms with Gasteiger partial charge in [-0.1, -0.05) is 39.0 Å². The molecule has 1 rings (SSSR count). The summed E-state index contributed by atoms with van der Waals surface area (Å²) in [7, 11) is 0. The van der Waals surface area contributed by atoms with Crippen LogP contribution in [0.2, 0.25) is 0 Å². The number of halogens is 3. The summed E-state index contributed by atoms with van der Waals surface area (Å²) in [5, 5.41) is 3.45. The second-order valence-electron chi connectivity index (χ2n) is 4.56. The van der Waals surface area contributed by atoms with Gasteiger partial charge in [0.1, 0.15) is 5.69 Å². The second-order valence-corrected chi connectivity index (χ2v) is 4.56. The Bertz CT molecular complexity index is 399. The number of nitrogens with zero attached hydrogens (tertiary/aromatic N) is 2. The van der Waals surface area contributed by atoms with E-state index in [0.29, 0.717) is 12.8 Å². The largest absolute Gasteiger partial charge is 0.435 e. The third-order valence-electron chi connectivity index (χ3n) is 2.95. The Morgan fingerprint density at radius 1 is 1.21 bits per heavy atom. The van der Waals surface area contributed by atoms with Gasteiger partial charge in [-0.2, -0.15) is 18.3 Å². The quantitative estimate of drug-likeness (QED) is 0.530. The van der Waals surface area contributed by atoms with Crippen LogP contribution in [0.5, 0.6) is 0 Å². The first kappa shape index (κ1) is 15.7. The summed E-state index contributed by atoms with van der Waals surface area (Å²) >= 11 is 0. The van der Waals surface area contributed by atoms with E-state index in [9.17, 15) is 18.0 Å². The van der Waals surface area contributed by atoms with E-state index in [0.717, 1.165) is 42.9 Å². The molecule has 0 aromatic carbocycles. The van der Waals surface area contributed by atoms with Crippen LogP contribution in [-0.4, -0.2) is 16.1 Å². The summed E-state index contributed by atoms with van der Waals surface area (Å²) in [6, 6.07) is 0.796.